The first kappa shape index (κ1) is 14.7. The summed E-state index contributed by atoms with van der Waals surface area (Å²) in [5, 5.41) is 9.65. The van der Waals surface area contributed by atoms with E-state index in [4.69, 9.17) is 5.11 Å². The number of aryl methyl sites for hydroxylation is 1. The monoisotopic (exact) mass is 323 g/mol. The number of carbonyl (C=O) groups is 1. The number of hydrogen-bond donors (Lipinski definition) is 1. The highest BCUT2D eigenvalue weighted by Crippen LogP contribution is 2.49. The van der Waals surface area contributed by atoms with Gasteiger partial charge in [0.1, 0.15) is 5.52 Å². The van der Waals surface area contributed by atoms with Gasteiger partial charge in [0, 0.05) is 17.5 Å². The van der Waals surface area contributed by atoms with Crippen LogP contribution in [0.15, 0.2) is 17.4 Å². The van der Waals surface area contributed by atoms with Gasteiger partial charge in [0.15, 0.2) is 10.8 Å². The first-order chi connectivity index (χ1) is 10.0. The maximum atomic E-state index is 10.8. The highest BCUT2D eigenvalue weighted by Gasteiger charge is 2.43. The highest BCUT2D eigenvalue weighted by molar-refractivity contribution is 8.00. The van der Waals surface area contributed by atoms with E-state index in [9.17, 15) is 4.79 Å². The molecule has 21 heavy (non-hydrogen) atoms. The van der Waals surface area contributed by atoms with Crippen LogP contribution in [-0.4, -0.2) is 42.4 Å². The molecular formula is C14H17N3O2S2. The third-order valence-corrected chi connectivity index (χ3v) is 6.06. The van der Waals surface area contributed by atoms with E-state index in [1.807, 2.05) is 30.9 Å². The summed E-state index contributed by atoms with van der Waals surface area (Å²) in [6.07, 6.45) is 6.37. The van der Waals surface area contributed by atoms with Crippen LogP contribution in [0.1, 0.15) is 18.4 Å². The number of imidazole rings is 1. The first-order valence-electron chi connectivity index (χ1n) is 6.76. The maximum Gasteiger partial charge on any atom is 0.313 e. The van der Waals surface area contributed by atoms with Gasteiger partial charge in [-0.3, -0.25) is 4.79 Å². The number of nitrogens with zero attached hydrogens (tertiary/aromatic N) is 3. The molecule has 0 radical (unpaired) electrons. The molecule has 1 saturated carbocycles. The highest BCUT2D eigenvalue weighted by atomic mass is 32.2. The standard InChI is InChI=1S/C14H17N3O2S2/c1-9-5-10-12(15-6-9)17(8-14(20-2)3-4-14)13(16-10)21-7-11(18)19/h5-6H,3-4,7-8H2,1-2H3,(H,18,19). The summed E-state index contributed by atoms with van der Waals surface area (Å²) in [6, 6.07) is 2.00. The fraction of sp³-hybridized carbons (Fsp3) is 0.500. The number of pyridine rings is 1. The zero-order chi connectivity index (χ0) is 15.0. The Kier molecular flexibility index (Phi) is 3.88. The Hall–Kier alpha value is -1.21. The number of aromatic nitrogens is 3. The topological polar surface area (TPSA) is 68.0 Å². The summed E-state index contributed by atoms with van der Waals surface area (Å²) in [6.45, 7) is 2.84. The van der Waals surface area contributed by atoms with Gasteiger partial charge in [0.2, 0.25) is 0 Å². The van der Waals surface area contributed by atoms with Gasteiger partial charge < -0.3 is 9.67 Å². The third kappa shape index (κ3) is 3.03. The minimum atomic E-state index is -0.825. The van der Waals surface area contributed by atoms with Gasteiger partial charge in [-0.1, -0.05) is 11.8 Å². The van der Waals surface area contributed by atoms with Crippen molar-refractivity contribution in [3.63, 3.8) is 0 Å². The Balaban J connectivity index is 2.00. The summed E-state index contributed by atoms with van der Waals surface area (Å²) in [7, 11) is 0. The molecule has 1 fully saturated rings. The number of thioether (sulfide) groups is 2. The maximum absolute atomic E-state index is 10.8. The molecule has 3 rings (SSSR count). The molecular weight excluding hydrogens is 306 g/mol. The summed E-state index contributed by atoms with van der Waals surface area (Å²) < 4.78 is 2.37. The Morgan fingerprint density at radius 2 is 2.29 bits per heavy atom. The quantitative estimate of drug-likeness (QED) is 0.825. The molecule has 2 heterocycles. The third-order valence-electron chi connectivity index (χ3n) is 3.70. The van der Waals surface area contributed by atoms with E-state index < -0.39 is 5.97 Å². The van der Waals surface area contributed by atoms with E-state index in [1.54, 1.807) is 0 Å². The van der Waals surface area contributed by atoms with Crippen LogP contribution in [-0.2, 0) is 11.3 Å². The molecule has 0 bridgehead atoms. The summed E-state index contributed by atoms with van der Waals surface area (Å²) >= 11 is 3.15. The number of hydrogen-bond acceptors (Lipinski definition) is 5. The summed E-state index contributed by atoms with van der Waals surface area (Å²) in [5.41, 5.74) is 2.77. The number of carboxylic acid groups (broad SMARTS) is 1. The van der Waals surface area contributed by atoms with Crippen molar-refractivity contribution in [2.45, 2.75) is 36.2 Å². The molecule has 0 amide bonds. The molecule has 0 atom stereocenters. The van der Waals surface area contributed by atoms with Gasteiger partial charge in [-0.05, 0) is 37.7 Å². The fourth-order valence-electron chi connectivity index (χ4n) is 2.32. The van der Waals surface area contributed by atoms with Crippen LogP contribution < -0.4 is 0 Å². The van der Waals surface area contributed by atoms with Gasteiger partial charge in [-0.15, -0.1) is 0 Å². The van der Waals surface area contributed by atoms with Crippen LogP contribution in [0.4, 0.5) is 0 Å². The van der Waals surface area contributed by atoms with E-state index in [2.05, 4.69) is 20.8 Å². The smallest absolute Gasteiger partial charge is 0.313 e. The van der Waals surface area contributed by atoms with Gasteiger partial charge in [0.25, 0.3) is 0 Å². The zero-order valence-corrected chi connectivity index (χ0v) is 13.6. The average Bonchev–Trinajstić information content (AvgIpc) is 3.14. The number of aliphatic carboxylic acids is 1. The van der Waals surface area contributed by atoms with Crippen LogP contribution in [0.2, 0.25) is 0 Å². The van der Waals surface area contributed by atoms with E-state index >= 15 is 0 Å². The average molecular weight is 323 g/mol. The Morgan fingerprint density at radius 1 is 1.52 bits per heavy atom. The lowest BCUT2D eigenvalue weighted by atomic mass is 10.3. The number of fused-ring (bicyclic) bond motifs is 1. The van der Waals surface area contributed by atoms with Crippen LogP contribution >= 0.6 is 23.5 Å². The lowest BCUT2D eigenvalue weighted by Gasteiger charge is -2.15. The van der Waals surface area contributed by atoms with E-state index in [0.29, 0.717) is 0 Å². The molecule has 0 aliphatic heterocycles. The minimum Gasteiger partial charge on any atom is -0.481 e. The lowest BCUT2D eigenvalue weighted by molar-refractivity contribution is -0.133. The van der Waals surface area contributed by atoms with Crippen LogP contribution in [0, 0.1) is 6.92 Å². The molecule has 1 aliphatic carbocycles. The van der Waals surface area contributed by atoms with E-state index in [1.165, 1.54) is 24.6 Å². The predicted molar refractivity (Wildman–Crippen MR) is 86.1 cm³/mol. The molecule has 0 saturated heterocycles. The van der Waals surface area contributed by atoms with Gasteiger partial charge >= 0.3 is 5.97 Å². The molecule has 2 aromatic heterocycles. The fourth-order valence-corrected chi connectivity index (χ4v) is 3.81. The van der Waals surface area contributed by atoms with Gasteiger partial charge in [-0.2, -0.15) is 11.8 Å². The molecule has 0 unspecified atom stereocenters. The van der Waals surface area contributed by atoms with Crippen molar-refractivity contribution in [2.24, 2.45) is 0 Å². The molecule has 0 aromatic carbocycles. The largest absolute Gasteiger partial charge is 0.481 e. The molecule has 1 aliphatic rings. The predicted octanol–water partition coefficient (Wildman–Crippen LogP) is 2.81. The van der Waals surface area contributed by atoms with E-state index in [-0.39, 0.29) is 10.5 Å². The SMILES string of the molecule is CSC1(Cn2c(SCC(=O)O)nc3cc(C)cnc32)CC1. The van der Waals surface area contributed by atoms with Crippen molar-refractivity contribution in [2.75, 3.05) is 12.0 Å². The summed E-state index contributed by atoms with van der Waals surface area (Å²) in [4.78, 5) is 19.9. The second-order valence-corrected chi connectivity index (χ2v) is 7.62. The van der Waals surface area contributed by atoms with Gasteiger partial charge in [0.05, 0.1) is 5.75 Å². The Morgan fingerprint density at radius 3 is 2.90 bits per heavy atom. The number of carboxylic acids is 1. The number of rotatable bonds is 6. The molecule has 112 valence electrons. The van der Waals surface area contributed by atoms with Crippen molar-refractivity contribution in [3.05, 3.63) is 17.8 Å². The van der Waals surface area contributed by atoms with Crippen molar-refractivity contribution < 1.29 is 9.90 Å². The molecule has 1 N–H and O–H groups in total. The molecule has 7 heteroatoms. The normalized spacial score (nSPS) is 16.3. The Labute approximate surface area is 131 Å². The molecule has 5 nitrogen and oxygen atoms in total. The first-order valence-corrected chi connectivity index (χ1v) is 8.97. The molecule has 0 spiro atoms. The van der Waals surface area contributed by atoms with Crippen molar-refractivity contribution in [1.29, 1.82) is 0 Å². The second-order valence-electron chi connectivity index (χ2n) is 5.41. The summed E-state index contributed by atoms with van der Waals surface area (Å²) in [5.74, 6) is -0.803. The minimum absolute atomic E-state index is 0.0224. The Bertz CT molecular complexity index is 695. The lowest BCUT2D eigenvalue weighted by Crippen LogP contribution is -2.15. The van der Waals surface area contributed by atoms with Crippen molar-refractivity contribution in [1.82, 2.24) is 14.5 Å². The van der Waals surface area contributed by atoms with Crippen LogP contribution in [0.5, 0.6) is 0 Å². The van der Waals surface area contributed by atoms with Crippen LogP contribution in [0.25, 0.3) is 11.2 Å². The second kappa shape index (κ2) is 5.53. The van der Waals surface area contributed by atoms with Crippen molar-refractivity contribution >= 4 is 40.7 Å². The van der Waals surface area contributed by atoms with E-state index in [0.717, 1.165) is 28.4 Å². The van der Waals surface area contributed by atoms with Crippen LogP contribution in [0.3, 0.4) is 0 Å². The molecule has 2 aromatic rings. The van der Waals surface area contributed by atoms with Gasteiger partial charge in [-0.25, -0.2) is 9.97 Å². The zero-order valence-electron chi connectivity index (χ0n) is 12.0. The van der Waals surface area contributed by atoms with Crippen molar-refractivity contribution in [3.8, 4) is 0 Å².